The van der Waals surface area contributed by atoms with E-state index in [1.54, 1.807) is 24.3 Å². The molecular weight excluding hydrogens is 453 g/mol. The molecule has 5 nitrogen and oxygen atoms in total. The van der Waals surface area contributed by atoms with Gasteiger partial charge in [-0.1, -0.05) is 51.3 Å². The minimum absolute atomic E-state index is 0.0770. The van der Waals surface area contributed by atoms with E-state index in [-0.39, 0.29) is 18.1 Å². The van der Waals surface area contributed by atoms with Gasteiger partial charge in [0.05, 0.1) is 24.1 Å². The summed E-state index contributed by atoms with van der Waals surface area (Å²) < 4.78 is 64.7. The first-order valence-electron chi connectivity index (χ1n) is 11.0. The average molecular weight is 485 g/mol. The first kappa shape index (κ1) is 26.7. The van der Waals surface area contributed by atoms with Crippen LogP contribution in [0.2, 0.25) is 0 Å². The van der Waals surface area contributed by atoms with E-state index in [1.807, 2.05) is 0 Å². The molecule has 0 spiro atoms. The van der Waals surface area contributed by atoms with Gasteiger partial charge in [-0.25, -0.2) is 8.42 Å². The van der Waals surface area contributed by atoms with Crippen LogP contribution in [-0.2, 0) is 22.7 Å². The first-order valence-corrected chi connectivity index (χ1v) is 12.8. The molecule has 1 atom stereocenters. The fourth-order valence-electron chi connectivity index (χ4n) is 3.45. The molecule has 0 aliphatic rings. The van der Waals surface area contributed by atoms with Crippen molar-refractivity contribution in [3.8, 4) is 0 Å². The van der Waals surface area contributed by atoms with Crippen molar-refractivity contribution in [1.29, 1.82) is 0 Å². The number of carbonyl (C=O) groups is 1. The summed E-state index contributed by atoms with van der Waals surface area (Å²) in [7, 11) is -3.85. The van der Waals surface area contributed by atoms with E-state index in [1.165, 1.54) is 12.1 Å². The third-order valence-electron chi connectivity index (χ3n) is 5.50. The van der Waals surface area contributed by atoms with Crippen LogP contribution in [0.3, 0.4) is 0 Å². The Morgan fingerprint density at radius 2 is 1.76 bits per heavy atom. The lowest BCUT2D eigenvalue weighted by atomic mass is 9.99. The number of benzene rings is 2. The molecule has 2 aromatic carbocycles. The Hall–Kier alpha value is -2.55. The lowest BCUT2D eigenvalue weighted by molar-refractivity contribution is -0.137. The summed E-state index contributed by atoms with van der Waals surface area (Å²) >= 11 is 0. The Labute approximate surface area is 194 Å². The van der Waals surface area contributed by atoms with Gasteiger partial charge in [0, 0.05) is 12.1 Å². The summed E-state index contributed by atoms with van der Waals surface area (Å²) in [5.74, 6) is 0.207. The van der Waals surface area contributed by atoms with Crippen LogP contribution in [0.5, 0.6) is 0 Å². The number of anilines is 1. The van der Waals surface area contributed by atoms with E-state index < -0.39 is 21.8 Å². The normalized spacial score (nSPS) is 12.9. The van der Waals surface area contributed by atoms with Crippen LogP contribution in [0.15, 0.2) is 48.5 Å². The molecular formula is C24H31F3N2O3S. The van der Waals surface area contributed by atoms with Gasteiger partial charge in [-0.15, -0.1) is 0 Å². The van der Waals surface area contributed by atoms with Gasteiger partial charge in [0.2, 0.25) is 10.0 Å². The van der Waals surface area contributed by atoms with Gasteiger partial charge in [0.15, 0.2) is 0 Å². The van der Waals surface area contributed by atoms with Crippen LogP contribution in [0, 0.1) is 5.92 Å². The maximum absolute atomic E-state index is 13.1. The van der Waals surface area contributed by atoms with E-state index >= 15 is 0 Å². The fourth-order valence-corrected chi connectivity index (χ4v) is 4.33. The zero-order valence-corrected chi connectivity index (χ0v) is 20.0. The molecule has 0 fully saturated rings. The molecule has 0 saturated carbocycles. The number of nitrogens with one attached hydrogen (secondary N) is 1. The molecule has 33 heavy (non-hydrogen) atoms. The van der Waals surface area contributed by atoms with E-state index in [4.69, 9.17) is 0 Å². The molecule has 0 heterocycles. The number of halogens is 3. The first-order chi connectivity index (χ1) is 15.5. The van der Waals surface area contributed by atoms with Crippen LogP contribution in [0.1, 0.15) is 61.0 Å². The summed E-state index contributed by atoms with van der Waals surface area (Å²) in [6, 6.07) is 10.6. The van der Waals surface area contributed by atoms with Crippen molar-refractivity contribution >= 4 is 21.6 Å². The van der Waals surface area contributed by atoms with Crippen LogP contribution in [0.25, 0.3) is 0 Å². The number of nitrogens with zero attached hydrogens (tertiary/aromatic N) is 1. The molecule has 2 rings (SSSR count). The molecule has 1 N–H and O–H groups in total. The zero-order chi connectivity index (χ0) is 24.6. The van der Waals surface area contributed by atoms with Crippen molar-refractivity contribution < 1.29 is 26.4 Å². The Bertz CT molecular complexity index is 1020. The highest BCUT2D eigenvalue weighted by atomic mass is 32.2. The molecule has 1 amide bonds. The van der Waals surface area contributed by atoms with E-state index in [9.17, 15) is 26.4 Å². The van der Waals surface area contributed by atoms with Gasteiger partial charge in [0.25, 0.3) is 5.91 Å². The van der Waals surface area contributed by atoms with E-state index in [2.05, 4.69) is 19.2 Å². The van der Waals surface area contributed by atoms with Crippen molar-refractivity contribution in [2.45, 2.75) is 52.3 Å². The van der Waals surface area contributed by atoms with Gasteiger partial charge in [-0.2, -0.15) is 13.2 Å². The molecule has 0 aliphatic heterocycles. The molecule has 1 unspecified atom stereocenters. The number of carbonyl (C=O) groups excluding carboxylic acids is 1. The van der Waals surface area contributed by atoms with Gasteiger partial charge >= 0.3 is 6.18 Å². The topological polar surface area (TPSA) is 66.5 Å². The largest absolute Gasteiger partial charge is 0.416 e. The highest BCUT2D eigenvalue weighted by molar-refractivity contribution is 7.92. The van der Waals surface area contributed by atoms with Gasteiger partial charge in [-0.05, 0) is 48.2 Å². The summed E-state index contributed by atoms with van der Waals surface area (Å²) in [4.78, 5) is 12.5. The van der Waals surface area contributed by atoms with Gasteiger partial charge in [-0.3, -0.25) is 9.10 Å². The lowest BCUT2D eigenvalue weighted by Crippen LogP contribution is -2.30. The second kappa shape index (κ2) is 11.5. The summed E-state index contributed by atoms with van der Waals surface area (Å²) in [5.41, 5.74) is -0.0188. The highest BCUT2D eigenvalue weighted by Gasteiger charge is 2.31. The SMILES string of the molecule is CCCCC(CC)CNC(=O)c1ccc(CN(c2cccc(C(F)(F)F)c2)S(C)(=O)=O)cc1. The Kier molecular flexibility index (Phi) is 9.34. The Balaban J connectivity index is 2.13. The van der Waals surface area contributed by atoms with E-state index in [0.717, 1.165) is 48.4 Å². The molecule has 0 radical (unpaired) electrons. The smallest absolute Gasteiger partial charge is 0.352 e. The van der Waals surface area contributed by atoms with Crippen molar-refractivity contribution in [3.05, 3.63) is 65.2 Å². The van der Waals surface area contributed by atoms with Crippen molar-refractivity contribution in [2.24, 2.45) is 5.92 Å². The minimum Gasteiger partial charge on any atom is -0.352 e. The number of unbranched alkanes of at least 4 members (excludes halogenated alkanes) is 1. The molecule has 0 aromatic heterocycles. The molecule has 9 heteroatoms. The van der Waals surface area contributed by atoms with Gasteiger partial charge < -0.3 is 5.32 Å². The number of hydrogen-bond acceptors (Lipinski definition) is 3. The standard InChI is InChI=1S/C24H31F3N2O3S/c1-4-6-8-18(5-2)16-28-23(30)20-13-11-19(12-14-20)17-29(33(3,31)32)22-10-7-9-21(15-22)24(25,26)27/h7,9-15,18H,4-6,8,16-17H2,1-3H3,(H,28,30). The quantitative estimate of drug-likeness (QED) is 0.450. The fraction of sp³-hybridized carbons (Fsp3) is 0.458. The lowest BCUT2D eigenvalue weighted by Gasteiger charge is -2.23. The Morgan fingerprint density at radius 1 is 1.09 bits per heavy atom. The van der Waals surface area contributed by atoms with Gasteiger partial charge in [0.1, 0.15) is 0 Å². The van der Waals surface area contributed by atoms with Crippen LogP contribution in [-0.4, -0.2) is 27.1 Å². The van der Waals surface area contributed by atoms with Crippen molar-refractivity contribution in [2.75, 3.05) is 17.1 Å². The third kappa shape index (κ3) is 8.07. The molecule has 2 aromatic rings. The average Bonchev–Trinajstić information content (AvgIpc) is 2.76. The monoisotopic (exact) mass is 484 g/mol. The van der Waals surface area contributed by atoms with Crippen LogP contribution in [0.4, 0.5) is 18.9 Å². The zero-order valence-electron chi connectivity index (χ0n) is 19.2. The number of hydrogen-bond donors (Lipinski definition) is 1. The summed E-state index contributed by atoms with van der Waals surface area (Å²) in [6.45, 7) is 4.66. The number of amides is 1. The van der Waals surface area contributed by atoms with E-state index in [0.29, 0.717) is 23.6 Å². The Morgan fingerprint density at radius 3 is 2.30 bits per heavy atom. The third-order valence-corrected chi connectivity index (χ3v) is 6.64. The second-order valence-corrected chi connectivity index (χ2v) is 10.0. The number of rotatable bonds is 11. The highest BCUT2D eigenvalue weighted by Crippen LogP contribution is 2.32. The molecule has 0 bridgehead atoms. The predicted molar refractivity (Wildman–Crippen MR) is 125 cm³/mol. The number of sulfonamides is 1. The van der Waals surface area contributed by atoms with Crippen molar-refractivity contribution in [3.63, 3.8) is 0 Å². The molecule has 182 valence electrons. The maximum atomic E-state index is 13.1. The van der Waals surface area contributed by atoms with Crippen LogP contribution < -0.4 is 9.62 Å². The van der Waals surface area contributed by atoms with Crippen LogP contribution >= 0.6 is 0 Å². The summed E-state index contributed by atoms with van der Waals surface area (Å²) in [5, 5.41) is 2.94. The molecule has 0 aliphatic carbocycles. The molecule has 0 saturated heterocycles. The van der Waals surface area contributed by atoms with Crippen molar-refractivity contribution in [1.82, 2.24) is 5.32 Å². The minimum atomic E-state index is -4.58. The number of alkyl halides is 3. The predicted octanol–water partition coefficient (Wildman–Crippen LogP) is 5.62. The summed E-state index contributed by atoms with van der Waals surface area (Å²) in [6.07, 6.45) is 0.626. The maximum Gasteiger partial charge on any atom is 0.416 e. The second-order valence-electron chi connectivity index (χ2n) is 8.14.